The van der Waals surface area contributed by atoms with E-state index in [4.69, 9.17) is 5.73 Å². The standard InChI is InChI=1S/C17H19BrN2/c18-15-8-5-10-17(14(15)12-19)20-11-4-3-7-13-6-1-2-9-16(13)20/h1-2,5-6,8-10H,3-4,7,11-12,19H2. The molecule has 3 heteroatoms. The number of halogens is 1. The van der Waals surface area contributed by atoms with E-state index < -0.39 is 0 Å². The van der Waals surface area contributed by atoms with Gasteiger partial charge in [-0.3, -0.25) is 0 Å². The molecule has 0 aromatic heterocycles. The van der Waals surface area contributed by atoms with E-state index in [-0.39, 0.29) is 0 Å². The summed E-state index contributed by atoms with van der Waals surface area (Å²) in [4.78, 5) is 2.43. The van der Waals surface area contributed by atoms with E-state index in [0.717, 1.165) is 11.0 Å². The number of rotatable bonds is 2. The highest BCUT2D eigenvalue weighted by molar-refractivity contribution is 9.10. The number of hydrogen-bond acceptors (Lipinski definition) is 2. The quantitative estimate of drug-likeness (QED) is 0.885. The summed E-state index contributed by atoms with van der Waals surface area (Å²) in [7, 11) is 0. The van der Waals surface area contributed by atoms with Gasteiger partial charge in [0.05, 0.1) is 0 Å². The van der Waals surface area contributed by atoms with Crippen LogP contribution in [0.5, 0.6) is 0 Å². The van der Waals surface area contributed by atoms with E-state index >= 15 is 0 Å². The van der Waals surface area contributed by atoms with Gasteiger partial charge in [0.1, 0.15) is 0 Å². The number of benzene rings is 2. The third-order valence-electron chi connectivity index (χ3n) is 3.95. The van der Waals surface area contributed by atoms with E-state index in [9.17, 15) is 0 Å². The highest BCUT2D eigenvalue weighted by Crippen LogP contribution is 2.36. The number of nitrogens with zero attached hydrogens (tertiary/aromatic N) is 1. The van der Waals surface area contributed by atoms with Crippen molar-refractivity contribution in [2.45, 2.75) is 25.8 Å². The van der Waals surface area contributed by atoms with Crippen molar-refractivity contribution < 1.29 is 0 Å². The monoisotopic (exact) mass is 330 g/mol. The lowest BCUT2D eigenvalue weighted by Crippen LogP contribution is -2.20. The first kappa shape index (κ1) is 13.7. The summed E-state index contributed by atoms with van der Waals surface area (Å²) >= 11 is 3.63. The van der Waals surface area contributed by atoms with Crippen molar-refractivity contribution in [1.29, 1.82) is 0 Å². The molecule has 0 saturated carbocycles. The van der Waals surface area contributed by atoms with Crippen LogP contribution in [-0.2, 0) is 13.0 Å². The van der Waals surface area contributed by atoms with Crippen LogP contribution in [0.3, 0.4) is 0 Å². The first-order chi connectivity index (χ1) is 9.81. The average molecular weight is 331 g/mol. The average Bonchev–Trinajstić information content (AvgIpc) is 2.69. The third kappa shape index (κ3) is 2.48. The lowest BCUT2D eigenvalue weighted by atomic mass is 10.1. The van der Waals surface area contributed by atoms with Crippen LogP contribution >= 0.6 is 15.9 Å². The Morgan fingerprint density at radius 1 is 1.00 bits per heavy atom. The van der Waals surface area contributed by atoms with Crippen molar-refractivity contribution in [2.24, 2.45) is 5.73 Å². The predicted molar refractivity (Wildman–Crippen MR) is 88.4 cm³/mol. The maximum absolute atomic E-state index is 5.96. The molecule has 0 unspecified atom stereocenters. The van der Waals surface area contributed by atoms with Gasteiger partial charge in [0, 0.05) is 34.5 Å². The molecule has 2 N–H and O–H groups in total. The van der Waals surface area contributed by atoms with Crippen LogP contribution in [-0.4, -0.2) is 6.54 Å². The summed E-state index contributed by atoms with van der Waals surface area (Å²) in [5, 5.41) is 0. The van der Waals surface area contributed by atoms with Crippen molar-refractivity contribution >= 4 is 27.3 Å². The van der Waals surface area contributed by atoms with Crippen LogP contribution < -0.4 is 10.6 Å². The van der Waals surface area contributed by atoms with Crippen molar-refractivity contribution in [1.82, 2.24) is 0 Å². The molecule has 0 saturated heterocycles. The highest BCUT2D eigenvalue weighted by atomic mass is 79.9. The van der Waals surface area contributed by atoms with Crippen LogP contribution in [0.15, 0.2) is 46.9 Å². The van der Waals surface area contributed by atoms with Crippen LogP contribution in [0.25, 0.3) is 0 Å². The smallest absolute Gasteiger partial charge is 0.0467 e. The molecule has 2 aromatic carbocycles. The van der Waals surface area contributed by atoms with Gasteiger partial charge in [-0.05, 0) is 43.0 Å². The van der Waals surface area contributed by atoms with Crippen LogP contribution in [0.1, 0.15) is 24.0 Å². The Morgan fingerprint density at radius 3 is 2.65 bits per heavy atom. The van der Waals surface area contributed by atoms with Crippen molar-refractivity contribution in [3.8, 4) is 0 Å². The zero-order chi connectivity index (χ0) is 13.9. The van der Waals surface area contributed by atoms with Crippen molar-refractivity contribution in [2.75, 3.05) is 11.4 Å². The van der Waals surface area contributed by atoms with Gasteiger partial charge in [-0.2, -0.15) is 0 Å². The molecule has 0 fully saturated rings. The molecule has 1 aliphatic heterocycles. The minimum atomic E-state index is 0.551. The molecule has 0 spiro atoms. The first-order valence-corrected chi connectivity index (χ1v) is 7.93. The van der Waals surface area contributed by atoms with Gasteiger partial charge in [-0.1, -0.05) is 40.2 Å². The predicted octanol–water partition coefficient (Wildman–Crippen LogP) is 4.38. The Kier molecular flexibility index (Phi) is 4.08. The van der Waals surface area contributed by atoms with Gasteiger partial charge in [0.15, 0.2) is 0 Å². The topological polar surface area (TPSA) is 29.3 Å². The Balaban J connectivity index is 2.12. The minimum Gasteiger partial charge on any atom is -0.341 e. The fraction of sp³-hybridized carbons (Fsp3) is 0.294. The van der Waals surface area contributed by atoms with Gasteiger partial charge in [0.25, 0.3) is 0 Å². The number of aryl methyl sites for hydroxylation is 1. The van der Waals surface area contributed by atoms with E-state index in [1.807, 2.05) is 0 Å². The molecule has 3 rings (SSSR count). The maximum atomic E-state index is 5.96. The molecule has 0 atom stereocenters. The highest BCUT2D eigenvalue weighted by Gasteiger charge is 2.19. The zero-order valence-corrected chi connectivity index (χ0v) is 13.1. The molecule has 0 aliphatic carbocycles. The van der Waals surface area contributed by atoms with Crippen LogP contribution in [0.4, 0.5) is 11.4 Å². The van der Waals surface area contributed by atoms with Gasteiger partial charge in [-0.15, -0.1) is 0 Å². The lowest BCUT2D eigenvalue weighted by Gasteiger charge is -2.27. The van der Waals surface area contributed by atoms with Crippen molar-refractivity contribution in [3.05, 3.63) is 58.1 Å². The fourth-order valence-electron chi connectivity index (χ4n) is 2.94. The molecule has 1 heterocycles. The van der Waals surface area contributed by atoms with E-state index in [1.54, 1.807) is 0 Å². The van der Waals surface area contributed by atoms with Gasteiger partial charge >= 0.3 is 0 Å². The molecule has 104 valence electrons. The number of nitrogens with two attached hydrogens (primary N) is 1. The van der Waals surface area contributed by atoms with Crippen LogP contribution in [0, 0.1) is 0 Å². The molecule has 0 amide bonds. The number of hydrogen-bond donors (Lipinski definition) is 1. The molecule has 2 aromatic rings. The molecule has 1 aliphatic rings. The molecule has 0 radical (unpaired) electrons. The zero-order valence-electron chi connectivity index (χ0n) is 11.5. The second-order valence-electron chi connectivity index (χ2n) is 5.18. The normalized spacial score (nSPS) is 14.8. The lowest BCUT2D eigenvalue weighted by molar-refractivity contribution is 0.759. The Hall–Kier alpha value is -1.32. The number of anilines is 2. The summed E-state index contributed by atoms with van der Waals surface area (Å²) in [6, 6.07) is 15.1. The fourth-order valence-corrected chi connectivity index (χ4v) is 3.46. The SMILES string of the molecule is NCc1c(Br)cccc1N1CCCCc2ccccc21. The van der Waals surface area contributed by atoms with Gasteiger partial charge < -0.3 is 10.6 Å². The van der Waals surface area contributed by atoms with E-state index in [2.05, 4.69) is 63.3 Å². The molecule has 20 heavy (non-hydrogen) atoms. The summed E-state index contributed by atoms with van der Waals surface area (Å²) in [6.07, 6.45) is 3.63. The van der Waals surface area contributed by atoms with E-state index in [0.29, 0.717) is 6.54 Å². The minimum absolute atomic E-state index is 0.551. The number of para-hydroxylation sites is 1. The largest absolute Gasteiger partial charge is 0.341 e. The summed E-state index contributed by atoms with van der Waals surface area (Å²) in [5.74, 6) is 0. The summed E-state index contributed by atoms with van der Waals surface area (Å²) in [6.45, 7) is 1.61. The Morgan fingerprint density at radius 2 is 1.80 bits per heavy atom. The second-order valence-corrected chi connectivity index (χ2v) is 6.03. The van der Waals surface area contributed by atoms with Gasteiger partial charge in [0.2, 0.25) is 0 Å². The second kappa shape index (κ2) is 5.98. The molecule has 2 nitrogen and oxygen atoms in total. The molecular weight excluding hydrogens is 312 g/mol. The Labute approximate surface area is 128 Å². The third-order valence-corrected chi connectivity index (χ3v) is 4.69. The maximum Gasteiger partial charge on any atom is 0.0467 e. The number of fused-ring (bicyclic) bond motifs is 1. The first-order valence-electron chi connectivity index (χ1n) is 7.14. The van der Waals surface area contributed by atoms with E-state index in [1.165, 1.54) is 41.8 Å². The van der Waals surface area contributed by atoms with Gasteiger partial charge in [-0.25, -0.2) is 0 Å². The summed E-state index contributed by atoms with van der Waals surface area (Å²) in [5.41, 5.74) is 11.1. The summed E-state index contributed by atoms with van der Waals surface area (Å²) < 4.78 is 1.10. The molecule has 0 bridgehead atoms. The molecular formula is C17H19BrN2. The van der Waals surface area contributed by atoms with Crippen molar-refractivity contribution in [3.63, 3.8) is 0 Å². The Bertz CT molecular complexity index is 610. The van der Waals surface area contributed by atoms with Crippen LogP contribution in [0.2, 0.25) is 0 Å².